The van der Waals surface area contributed by atoms with E-state index in [1.54, 1.807) is 0 Å². The Bertz CT molecular complexity index is 434. The first-order valence-corrected chi connectivity index (χ1v) is 7.90. The minimum atomic E-state index is 0.492. The van der Waals surface area contributed by atoms with Crippen LogP contribution in [0.25, 0.3) is 0 Å². The van der Waals surface area contributed by atoms with Gasteiger partial charge in [-0.2, -0.15) is 0 Å². The normalized spacial score (nSPS) is 20.9. The van der Waals surface area contributed by atoms with E-state index in [0.717, 1.165) is 17.9 Å². The summed E-state index contributed by atoms with van der Waals surface area (Å²) in [5.74, 6) is 1.95. The van der Waals surface area contributed by atoms with Crippen LogP contribution < -0.4 is 5.32 Å². The maximum atomic E-state index is 3.96. The molecule has 0 saturated heterocycles. The van der Waals surface area contributed by atoms with Gasteiger partial charge in [-0.25, -0.2) is 0 Å². The summed E-state index contributed by atoms with van der Waals surface area (Å²) in [7, 11) is 0. The molecule has 0 amide bonds. The van der Waals surface area contributed by atoms with Gasteiger partial charge in [0.2, 0.25) is 0 Å². The van der Waals surface area contributed by atoms with Crippen LogP contribution in [0.1, 0.15) is 60.9 Å². The maximum absolute atomic E-state index is 3.96. The molecule has 0 heterocycles. The lowest BCUT2D eigenvalue weighted by atomic mass is 9.93. The van der Waals surface area contributed by atoms with E-state index >= 15 is 0 Å². The molecular formula is C18H27N. The first-order chi connectivity index (χ1) is 9.06. The second kappa shape index (κ2) is 4.94. The van der Waals surface area contributed by atoms with Crippen LogP contribution in [0, 0.1) is 32.6 Å². The molecule has 0 radical (unpaired) electrons. The molecule has 1 aromatic carbocycles. The highest BCUT2D eigenvalue weighted by Gasteiger charge is 2.41. The number of rotatable bonds is 5. The first-order valence-electron chi connectivity index (χ1n) is 7.90. The van der Waals surface area contributed by atoms with Crippen molar-refractivity contribution < 1.29 is 0 Å². The van der Waals surface area contributed by atoms with Crippen molar-refractivity contribution in [3.05, 3.63) is 34.4 Å². The number of nitrogens with one attached hydrogen (secondary N) is 1. The van der Waals surface area contributed by atoms with Crippen molar-refractivity contribution in [1.29, 1.82) is 0 Å². The summed E-state index contributed by atoms with van der Waals surface area (Å²) in [6, 6.07) is 5.93. The van der Waals surface area contributed by atoms with Crippen molar-refractivity contribution in [2.24, 2.45) is 11.8 Å². The number of aryl methyl sites for hydroxylation is 3. The van der Waals surface area contributed by atoms with Gasteiger partial charge in [0.05, 0.1) is 0 Å². The fourth-order valence-corrected chi connectivity index (χ4v) is 3.81. The summed E-state index contributed by atoms with van der Waals surface area (Å²) < 4.78 is 0. The van der Waals surface area contributed by atoms with E-state index in [9.17, 15) is 0 Å². The van der Waals surface area contributed by atoms with Crippen LogP contribution in [0.3, 0.4) is 0 Å². The van der Waals surface area contributed by atoms with Gasteiger partial charge in [-0.15, -0.1) is 0 Å². The molecule has 1 nitrogen and oxygen atoms in total. The number of benzene rings is 1. The van der Waals surface area contributed by atoms with Crippen LogP contribution in [0.15, 0.2) is 12.1 Å². The van der Waals surface area contributed by atoms with Crippen molar-refractivity contribution in [3.8, 4) is 0 Å². The number of hydrogen-bond acceptors (Lipinski definition) is 1. The molecule has 2 aliphatic rings. The van der Waals surface area contributed by atoms with Crippen LogP contribution in [-0.2, 0) is 0 Å². The quantitative estimate of drug-likeness (QED) is 0.821. The molecule has 1 atom stereocenters. The Kier molecular flexibility index (Phi) is 3.42. The third kappa shape index (κ3) is 2.86. The topological polar surface area (TPSA) is 12.0 Å². The fraction of sp³-hybridized carbons (Fsp3) is 0.667. The molecule has 1 unspecified atom stereocenters. The Morgan fingerprint density at radius 2 is 1.42 bits per heavy atom. The van der Waals surface area contributed by atoms with E-state index < -0.39 is 0 Å². The monoisotopic (exact) mass is 257 g/mol. The summed E-state index contributed by atoms with van der Waals surface area (Å²) in [5.41, 5.74) is 5.80. The lowest BCUT2D eigenvalue weighted by Crippen LogP contribution is -2.35. The first kappa shape index (κ1) is 13.2. The predicted octanol–water partition coefficient (Wildman–Crippen LogP) is 4.45. The standard InChI is InChI=1S/C18H27N/c1-11-9-12(2)17(13(3)10-11)14(4)19-18(15-5-6-15)16-7-8-16/h9-10,14-16,18-19H,5-8H2,1-4H3. The molecule has 0 aromatic heterocycles. The largest absolute Gasteiger partial charge is 0.307 e. The summed E-state index contributed by atoms with van der Waals surface area (Å²) in [6.45, 7) is 9.06. The van der Waals surface area contributed by atoms with Crippen molar-refractivity contribution in [2.75, 3.05) is 0 Å². The van der Waals surface area contributed by atoms with E-state index in [0.29, 0.717) is 6.04 Å². The van der Waals surface area contributed by atoms with Crippen molar-refractivity contribution in [1.82, 2.24) is 5.32 Å². The molecular weight excluding hydrogens is 230 g/mol. The Hall–Kier alpha value is -0.820. The fourth-order valence-electron chi connectivity index (χ4n) is 3.81. The van der Waals surface area contributed by atoms with Gasteiger partial charge >= 0.3 is 0 Å². The molecule has 104 valence electrons. The molecule has 1 aromatic rings. The highest BCUT2D eigenvalue weighted by atomic mass is 15.0. The summed E-state index contributed by atoms with van der Waals surface area (Å²) >= 11 is 0. The van der Waals surface area contributed by atoms with E-state index in [4.69, 9.17) is 0 Å². The minimum Gasteiger partial charge on any atom is -0.307 e. The van der Waals surface area contributed by atoms with Crippen LogP contribution >= 0.6 is 0 Å². The second-order valence-electron chi connectivity index (χ2n) is 6.90. The van der Waals surface area contributed by atoms with Crippen LogP contribution in [0.2, 0.25) is 0 Å². The SMILES string of the molecule is Cc1cc(C)c(C(C)NC(C2CC2)C2CC2)c(C)c1. The lowest BCUT2D eigenvalue weighted by Gasteiger charge is -2.26. The van der Waals surface area contributed by atoms with E-state index in [1.165, 1.54) is 47.9 Å². The molecule has 2 fully saturated rings. The lowest BCUT2D eigenvalue weighted by molar-refractivity contribution is 0.376. The summed E-state index contributed by atoms with van der Waals surface area (Å²) in [5, 5.41) is 3.96. The van der Waals surface area contributed by atoms with Gasteiger partial charge < -0.3 is 5.32 Å². The average Bonchev–Trinajstić information content (AvgIpc) is 3.17. The van der Waals surface area contributed by atoms with Gasteiger partial charge in [-0.05, 0) is 81.9 Å². The smallest absolute Gasteiger partial charge is 0.0299 e. The second-order valence-corrected chi connectivity index (χ2v) is 6.90. The summed E-state index contributed by atoms with van der Waals surface area (Å²) in [6.07, 6.45) is 5.80. The highest BCUT2D eigenvalue weighted by Crippen LogP contribution is 2.45. The van der Waals surface area contributed by atoms with Crippen LogP contribution in [0.5, 0.6) is 0 Å². The molecule has 0 bridgehead atoms. The van der Waals surface area contributed by atoms with Crippen LogP contribution in [0.4, 0.5) is 0 Å². The van der Waals surface area contributed by atoms with Gasteiger partial charge in [-0.3, -0.25) is 0 Å². The third-order valence-electron chi connectivity index (χ3n) is 4.87. The van der Waals surface area contributed by atoms with E-state index in [2.05, 4.69) is 45.1 Å². The molecule has 1 N–H and O–H groups in total. The van der Waals surface area contributed by atoms with Crippen molar-refractivity contribution in [2.45, 2.75) is 65.5 Å². The zero-order chi connectivity index (χ0) is 13.6. The number of hydrogen-bond donors (Lipinski definition) is 1. The third-order valence-corrected chi connectivity index (χ3v) is 4.87. The van der Waals surface area contributed by atoms with Gasteiger partial charge in [0, 0.05) is 12.1 Å². The van der Waals surface area contributed by atoms with Crippen LogP contribution in [-0.4, -0.2) is 6.04 Å². The van der Waals surface area contributed by atoms with Crippen molar-refractivity contribution in [3.63, 3.8) is 0 Å². The predicted molar refractivity (Wildman–Crippen MR) is 81.4 cm³/mol. The van der Waals surface area contributed by atoms with Gasteiger partial charge in [0.25, 0.3) is 0 Å². The Labute approximate surface area is 117 Å². The van der Waals surface area contributed by atoms with Gasteiger partial charge in [0.1, 0.15) is 0 Å². The molecule has 19 heavy (non-hydrogen) atoms. The molecule has 3 rings (SSSR count). The maximum Gasteiger partial charge on any atom is 0.0299 e. The van der Waals surface area contributed by atoms with E-state index in [-0.39, 0.29) is 0 Å². The van der Waals surface area contributed by atoms with Gasteiger partial charge in [-0.1, -0.05) is 17.7 Å². The Morgan fingerprint density at radius 3 is 1.84 bits per heavy atom. The molecule has 1 heteroatoms. The van der Waals surface area contributed by atoms with Gasteiger partial charge in [0.15, 0.2) is 0 Å². The average molecular weight is 257 g/mol. The zero-order valence-electron chi connectivity index (χ0n) is 12.8. The molecule has 2 aliphatic carbocycles. The minimum absolute atomic E-state index is 0.492. The highest BCUT2D eigenvalue weighted by molar-refractivity contribution is 5.39. The molecule has 0 spiro atoms. The molecule has 0 aliphatic heterocycles. The molecule has 2 saturated carbocycles. The van der Waals surface area contributed by atoms with E-state index in [1.807, 2.05) is 0 Å². The summed E-state index contributed by atoms with van der Waals surface area (Å²) in [4.78, 5) is 0. The Morgan fingerprint density at radius 1 is 0.947 bits per heavy atom. The Balaban J connectivity index is 1.77. The zero-order valence-corrected chi connectivity index (χ0v) is 12.8. The van der Waals surface area contributed by atoms with Crippen molar-refractivity contribution >= 4 is 0 Å².